The van der Waals surface area contributed by atoms with E-state index in [0.29, 0.717) is 33.0 Å². The Kier molecular flexibility index (Phi) is 6.98. The molecule has 176 valence electrons. The van der Waals surface area contributed by atoms with Crippen molar-refractivity contribution in [3.8, 4) is 11.5 Å². The number of esters is 1. The molecule has 0 radical (unpaired) electrons. The summed E-state index contributed by atoms with van der Waals surface area (Å²) in [5.41, 5.74) is 2.32. The summed E-state index contributed by atoms with van der Waals surface area (Å²) in [7, 11) is 1.59. The second-order valence-corrected chi connectivity index (χ2v) is 8.59. The van der Waals surface area contributed by atoms with Crippen molar-refractivity contribution in [3.05, 3.63) is 90.6 Å². The number of thiazole rings is 1. The Hall–Kier alpha value is -3.65. The van der Waals surface area contributed by atoms with Crippen LogP contribution in [0.15, 0.2) is 69.6 Å². The van der Waals surface area contributed by atoms with E-state index >= 15 is 0 Å². The van der Waals surface area contributed by atoms with Gasteiger partial charge in [0.05, 0.1) is 42.2 Å². The van der Waals surface area contributed by atoms with Gasteiger partial charge in [0.2, 0.25) is 0 Å². The molecular formula is C26H26N2O5S. The fourth-order valence-corrected chi connectivity index (χ4v) is 4.92. The van der Waals surface area contributed by atoms with Crippen molar-refractivity contribution in [3.63, 3.8) is 0 Å². The molecule has 3 aromatic rings. The monoisotopic (exact) mass is 478 g/mol. The van der Waals surface area contributed by atoms with Gasteiger partial charge in [-0.2, -0.15) is 0 Å². The number of rotatable bonds is 7. The zero-order valence-corrected chi connectivity index (χ0v) is 20.3. The number of carbonyl (C=O) groups is 1. The minimum absolute atomic E-state index is 0.215. The van der Waals surface area contributed by atoms with Gasteiger partial charge in [-0.3, -0.25) is 9.36 Å². The van der Waals surface area contributed by atoms with Gasteiger partial charge in [0.1, 0.15) is 11.5 Å². The van der Waals surface area contributed by atoms with E-state index in [1.807, 2.05) is 61.5 Å². The van der Waals surface area contributed by atoms with Crippen molar-refractivity contribution in [2.75, 3.05) is 20.3 Å². The summed E-state index contributed by atoms with van der Waals surface area (Å²) in [5.74, 6) is 0.978. The second-order valence-electron chi connectivity index (χ2n) is 7.58. The van der Waals surface area contributed by atoms with Crippen molar-refractivity contribution in [1.82, 2.24) is 4.57 Å². The number of allylic oxidation sites excluding steroid dienone is 1. The number of ether oxygens (including phenoxy) is 3. The third-order valence-corrected chi connectivity index (χ3v) is 6.42. The first-order valence-corrected chi connectivity index (χ1v) is 11.8. The van der Waals surface area contributed by atoms with Gasteiger partial charge in [-0.05, 0) is 62.2 Å². The molecule has 0 aliphatic carbocycles. The predicted octanol–water partition coefficient (Wildman–Crippen LogP) is 3.21. The topological polar surface area (TPSA) is 79.1 Å². The lowest BCUT2D eigenvalue weighted by Gasteiger charge is -2.24. The Morgan fingerprint density at radius 2 is 1.74 bits per heavy atom. The van der Waals surface area contributed by atoms with Gasteiger partial charge in [0.25, 0.3) is 5.56 Å². The van der Waals surface area contributed by atoms with E-state index < -0.39 is 12.0 Å². The maximum Gasteiger partial charge on any atom is 0.338 e. The molecule has 0 unspecified atom stereocenters. The average Bonchev–Trinajstić information content (AvgIpc) is 3.14. The average molecular weight is 479 g/mol. The molecule has 0 saturated carbocycles. The molecule has 2 heterocycles. The fourth-order valence-electron chi connectivity index (χ4n) is 3.87. The number of hydrogen-bond donors (Lipinski definition) is 0. The highest BCUT2D eigenvalue weighted by atomic mass is 32.1. The molecule has 0 amide bonds. The van der Waals surface area contributed by atoms with E-state index in [9.17, 15) is 9.59 Å². The van der Waals surface area contributed by atoms with Crippen molar-refractivity contribution < 1.29 is 19.0 Å². The molecule has 1 aliphatic rings. The lowest BCUT2D eigenvalue weighted by molar-refractivity contribution is -0.139. The van der Waals surface area contributed by atoms with Crippen LogP contribution in [0.1, 0.15) is 37.9 Å². The van der Waals surface area contributed by atoms with Gasteiger partial charge in [0, 0.05) is 0 Å². The molecule has 2 aromatic carbocycles. The second kappa shape index (κ2) is 10.1. The molecule has 0 bridgehead atoms. The fraction of sp³-hybridized carbons (Fsp3) is 0.269. The smallest absolute Gasteiger partial charge is 0.338 e. The molecule has 4 rings (SSSR count). The Balaban J connectivity index is 1.87. The highest BCUT2D eigenvalue weighted by Crippen LogP contribution is 2.31. The molecule has 1 aromatic heterocycles. The number of benzene rings is 2. The van der Waals surface area contributed by atoms with Crippen molar-refractivity contribution in [2.24, 2.45) is 4.99 Å². The van der Waals surface area contributed by atoms with E-state index in [2.05, 4.69) is 4.99 Å². The SMILES string of the molecule is CCOC(=O)C1=C(C)N=c2s/c(=C\c3ccc(OCC)cc3)c(=O)n2[C@H]1c1ccc(OC)cc1. The third kappa shape index (κ3) is 4.54. The molecule has 0 N–H and O–H groups in total. The van der Waals surface area contributed by atoms with E-state index in [1.54, 1.807) is 25.5 Å². The van der Waals surface area contributed by atoms with E-state index in [4.69, 9.17) is 14.2 Å². The zero-order valence-electron chi connectivity index (χ0n) is 19.5. The lowest BCUT2D eigenvalue weighted by Crippen LogP contribution is -2.39. The van der Waals surface area contributed by atoms with Crippen LogP contribution in [-0.4, -0.2) is 30.9 Å². The number of methoxy groups -OCH3 is 1. The van der Waals surface area contributed by atoms with Crippen molar-refractivity contribution in [1.29, 1.82) is 0 Å². The first kappa shape index (κ1) is 23.5. The molecule has 7 nitrogen and oxygen atoms in total. The lowest BCUT2D eigenvalue weighted by atomic mass is 9.96. The summed E-state index contributed by atoms with van der Waals surface area (Å²) in [6.07, 6.45) is 1.83. The number of carbonyl (C=O) groups excluding carboxylic acids is 1. The van der Waals surface area contributed by atoms with Crippen LogP contribution >= 0.6 is 11.3 Å². The summed E-state index contributed by atoms with van der Waals surface area (Å²) in [6.45, 7) is 6.27. The third-order valence-electron chi connectivity index (χ3n) is 5.44. The number of nitrogens with zero attached hydrogens (tertiary/aromatic N) is 2. The number of fused-ring (bicyclic) bond motifs is 1. The van der Waals surface area contributed by atoms with Gasteiger partial charge < -0.3 is 14.2 Å². The molecule has 0 saturated heterocycles. The molecule has 0 fully saturated rings. The quantitative estimate of drug-likeness (QED) is 0.488. The molecular weight excluding hydrogens is 452 g/mol. The summed E-state index contributed by atoms with van der Waals surface area (Å²) in [5, 5.41) is 0. The Bertz CT molecular complexity index is 1400. The van der Waals surface area contributed by atoms with Crippen molar-refractivity contribution >= 4 is 23.4 Å². The summed E-state index contributed by atoms with van der Waals surface area (Å²) >= 11 is 1.29. The molecule has 34 heavy (non-hydrogen) atoms. The molecule has 8 heteroatoms. The maximum absolute atomic E-state index is 13.6. The van der Waals surface area contributed by atoms with E-state index in [0.717, 1.165) is 16.9 Å². The van der Waals surface area contributed by atoms with Crippen molar-refractivity contribution in [2.45, 2.75) is 26.8 Å². The predicted molar refractivity (Wildman–Crippen MR) is 131 cm³/mol. The van der Waals surface area contributed by atoms with Crippen LogP contribution in [-0.2, 0) is 9.53 Å². The van der Waals surface area contributed by atoms with E-state index in [-0.39, 0.29) is 12.2 Å². The Morgan fingerprint density at radius 1 is 1.06 bits per heavy atom. The van der Waals surface area contributed by atoms with Crippen LogP contribution in [0.3, 0.4) is 0 Å². The first-order chi connectivity index (χ1) is 16.5. The molecule has 0 spiro atoms. The normalized spacial score (nSPS) is 15.5. The number of hydrogen-bond acceptors (Lipinski definition) is 7. The minimum atomic E-state index is -0.649. The molecule has 1 atom stereocenters. The summed E-state index contributed by atoms with van der Waals surface area (Å²) < 4.78 is 18.2. The summed E-state index contributed by atoms with van der Waals surface area (Å²) in [4.78, 5) is 31.6. The van der Waals surface area contributed by atoms with Crippen LogP contribution in [0, 0.1) is 0 Å². The number of aromatic nitrogens is 1. The Morgan fingerprint density at radius 3 is 2.35 bits per heavy atom. The Labute approximate surface area is 201 Å². The van der Waals surface area contributed by atoms with Crippen LogP contribution in [0.4, 0.5) is 0 Å². The highest BCUT2D eigenvalue weighted by molar-refractivity contribution is 7.07. The molecule has 1 aliphatic heterocycles. The standard InChI is InChI=1S/C26H26N2O5S/c1-5-32-20-11-7-17(8-12-20)15-21-24(29)28-23(18-9-13-19(31-4)14-10-18)22(25(30)33-6-2)16(3)27-26(28)34-21/h7-15,23H,5-6H2,1-4H3/b21-15-/t23-/m0/s1. The highest BCUT2D eigenvalue weighted by Gasteiger charge is 2.33. The zero-order chi connectivity index (χ0) is 24.2. The van der Waals surface area contributed by atoms with E-state index in [1.165, 1.54) is 11.3 Å². The largest absolute Gasteiger partial charge is 0.497 e. The van der Waals surface area contributed by atoms with Gasteiger partial charge in [-0.1, -0.05) is 35.6 Å². The first-order valence-electron chi connectivity index (χ1n) is 11.0. The summed E-state index contributed by atoms with van der Waals surface area (Å²) in [6, 6.07) is 14.2. The van der Waals surface area contributed by atoms with Crippen LogP contribution in [0.2, 0.25) is 0 Å². The van der Waals surface area contributed by atoms with Crippen LogP contribution in [0.25, 0.3) is 6.08 Å². The van der Waals surface area contributed by atoms with Crippen LogP contribution in [0.5, 0.6) is 11.5 Å². The van der Waals surface area contributed by atoms with Gasteiger partial charge in [-0.25, -0.2) is 9.79 Å². The van der Waals surface area contributed by atoms with Gasteiger partial charge >= 0.3 is 5.97 Å². The van der Waals surface area contributed by atoms with Gasteiger partial charge in [-0.15, -0.1) is 0 Å². The van der Waals surface area contributed by atoms with Gasteiger partial charge in [0.15, 0.2) is 4.80 Å². The minimum Gasteiger partial charge on any atom is -0.497 e. The maximum atomic E-state index is 13.6. The van der Waals surface area contributed by atoms with Crippen LogP contribution < -0.4 is 24.4 Å².